The molecule has 35 heavy (non-hydrogen) atoms. The standard InChI is InChI=1S/C34H28S/c1-25-3-7-27(8-4-25)11-13-29-15-19-31(20-16-29)33-23-24-34(35-33)32-21-17-30(18-22-32)14-12-28-9-5-26(2)6-10-28/h3-24H,1-2H3. The predicted molar refractivity (Wildman–Crippen MR) is 155 cm³/mol. The van der Waals surface area contributed by atoms with Crippen LogP contribution in [0.15, 0.2) is 109 Å². The average Bonchev–Trinajstić information content (AvgIpc) is 3.39. The van der Waals surface area contributed by atoms with E-state index in [0.717, 1.165) is 0 Å². The Labute approximate surface area is 212 Å². The van der Waals surface area contributed by atoms with Crippen molar-refractivity contribution in [3.8, 4) is 20.9 Å². The highest BCUT2D eigenvalue weighted by molar-refractivity contribution is 7.18. The van der Waals surface area contributed by atoms with Crippen LogP contribution in [0.1, 0.15) is 33.4 Å². The molecule has 0 unspecified atom stereocenters. The van der Waals surface area contributed by atoms with Crippen LogP contribution in [0.4, 0.5) is 0 Å². The summed E-state index contributed by atoms with van der Waals surface area (Å²) in [4.78, 5) is 2.58. The lowest BCUT2D eigenvalue weighted by Gasteiger charge is -2.01. The fourth-order valence-electron chi connectivity index (χ4n) is 3.91. The lowest BCUT2D eigenvalue weighted by atomic mass is 10.1. The van der Waals surface area contributed by atoms with E-state index in [1.54, 1.807) is 0 Å². The Balaban J connectivity index is 1.25. The first-order valence-electron chi connectivity index (χ1n) is 11.9. The van der Waals surface area contributed by atoms with Gasteiger partial charge in [0.05, 0.1) is 0 Å². The highest BCUT2D eigenvalue weighted by Gasteiger charge is 2.05. The van der Waals surface area contributed by atoms with Gasteiger partial charge in [-0.25, -0.2) is 0 Å². The van der Waals surface area contributed by atoms with Crippen molar-refractivity contribution in [2.45, 2.75) is 13.8 Å². The van der Waals surface area contributed by atoms with E-state index in [1.807, 2.05) is 11.3 Å². The van der Waals surface area contributed by atoms with Gasteiger partial charge in [0.2, 0.25) is 0 Å². The number of thiophene rings is 1. The van der Waals surface area contributed by atoms with Gasteiger partial charge in [0.15, 0.2) is 0 Å². The largest absolute Gasteiger partial charge is 0.135 e. The smallest absolute Gasteiger partial charge is 0.0349 e. The Kier molecular flexibility index (Phi) is 6.88. The number of hydrogen-bond acceptors (Lipinski definition) is 1. The summed E-state index contributed by atoms with van der Waals surface area (Å²) in [5.74, 6) is 0. The fourth-order valence-corrected chi connectivity index (χ4v) is 4.92. The molecular weight excluding hydrogens is 440 g/mol. The minimum absolute atomic E-state index is 1.21. The monoisotopic (exact) mass is 468 g/mol. The summed E-state index contributed by atoms with van der Waals surface area (Å²) in [6.07, 6.45) is 8.67. The molecule has 0 nitrogen and oxygen atoms in total. The van der Waals surface area contributed by atoms with Crippen LogP contribution in [0, 0.1) is 13.8 Å². The maximum Gasteiger partial charge on any atom is 0.0349 e. The van der Waals surface area contributed by atoms with Gasteiger partial charge in [-0.05, 0) is 59.4 Å². The minimum Gasteiger partial charge on any atom is -0.135 e. The van der Waals surface area contributed by atoms with E-state index < -0.39 is 0 Å². The molecule has 5 aromatic rings. The normalized spacial score (nSPS) is 11.5. The molecule has 0 spiro atoms. The van der Waals surface area contributed by atoms with Crippen molar-refractivity contribution >= 4 is 35.6 Å². The lowest BCUT2D eigenvalue weighted by Crippen LogP contribution is -1.76. The quantitative estimate of drug-likeness (QED) is 0.217. The van der Waals surface area contributed by atoms with Crippen LogP contribution in [0.5, 0.6) is 0 Å². The van der Waals surface area contributed by atoms with E-state index in [-0.39, 0.29) is 0 Å². The fraction of sp³-hybridized carbons (Fsp3) is 0.0588. The Morgan fingerprint density at radius 1 is 0.371 bits per heavy atom. The van der Waals surface area contributed by atoms with Crippen molar-refractivity contribution in [1.29, 1.82) is 0 Å². The summed E-state index contributed by atoms with van der Waals surface area (Å²) < 4.78 is 0. The van der Waals surface area contributed by atoms with Gasteiger partial charge >= 0.3 is 0 Å². The summed E-state index contributed by atoms with van der Waals surface area (Å²) in [5, 5.41) is 0. The van der Waals surface area contributed by atoms with Gasteiger partial charge < -0.3 is 0 Å². The Morgan fingerprint density at radius 3 is 0.971 bits per heavy atom. The van der Waals surface area contributed by atoms with Crippen molar-refractivity contribution in [1.82, 2.24) is 0 Å². The van der Waals surface area contributed by atoms with E-state index in [1.165, 1.54) is 54.3 Å². The topological polar surface area (TPSA) is 0 Å². The second-order valence-corrected chi connectivity index (χ2v) is 9.98. The second kappa shape index (κ2) is 10.5. The molecule has 0 amide bonds. The number of rotatable bonds is 6. The Hall–Kier alpha value is -3.94. The van der Waals surface area contributed by atoms with Crippen LogP contribution in [-0.2, 0) is 0 Å². The molecule has 0 fully saturated rings. The number of benzene rings is 4. The van der Waals surface area contributed by atoms with E-state index in [2.05, 4.69) is 147 Å². The summed E-state index contributed by atoms with van der Waals surface area (Å²) >= 11 is 1.84. The SMILES string of the molecule is Cc1ccc(C=Cc2ccc(-c3ccc(-c4ccc(C=Cc5ccc(C)cc5)cc4)s3)cc2)cc1. The van der Waals surface area contributed by atoms with Crippen LogP contribution in [-0.4, -0.2) is 0 Å². The zero-order valence-electron chi connectivity index (χ0n) is 20.1. The highest BCUT2D eigenvalue weighted by Crippen LogP contribution is 2.34. The maximum absolute atomic E-state index is 2.22. The molecule has 0 aliphatic heterocycles. The molecule has 1 heterocycles. The van der Waals surface area contributed by atoms with Gasteiger partial charge in [-0.3, -0.25) is 0 Å². The molecule has 1 heteroatoms. The summed E-state index contributed by atoms with van der Waals surface area (Å²) in [7, 11) is 0. The first-order chi connectivity index (χ1) is 17.1. The third-order valence-corrected chi connectivity index (χ3v) is 7.27. The van der Waals surface area contributed by atoms with Crippen LogP contribution in [0.3, 0.4) is 0 Å². The Morgan fingerprint density at radius 2 is 0.657 bits per heavy atom. The molecule has 0 atom stereocenters. The van der Waals surface area contributed by atoms with Gasteiger partial charge in [0.25, 0.3) is 0 Å². The first-order valence-corrected chi connectivity index (χ1v) is 12.7. The van der Waals surface area contributed by atoms with Gasteiger partial charge in [0.1, 0.15) is 0 Å². The third-order valence-electron chi connectivity index (χ3n) is 6.09. The molecule has 0 bridgehead atoms. The van der Waals surface area contributed by atoms with Crippen molar-refractivity contribution in [2.24, 2.45) is 0 Å². The highest BCUT2D eigenvalue weighted by atomic mass is 32.1. The minimum atomic E-state index is 1.21. The molecule has 0 N–H and O–H groups in total. The van der Waals surface area contributed by atoms with Crippen LogP contribution in [0.2, 0.25) is 0 Å². The second-order valence-electron chi connectivity index (χ2n) is 8.90. The van der Waals surface area contributed by atoms with Gasteiger partial charge in [-0.2, -0.15) is 0 Å². The molecule has 0 radical (unpaired) electrons. The average molecular weight is 469 g/mol. The maximum atomic E-state index is 2.22. The van der Waals surface area contributed by atoms with Gasteiger partial charge in [-0.15, -0.1) is 11.3 Å². The third kappa shape index (κ3) is 5.95. The first kappa shape index (κ1) is 22.8. The van der Waals surface area contributed by atoms with Crippen LogP contribution >= 0.6 is 11.3 Å². The van der Waals surface area contributed by atoms with E-state index in [9.17, 15) is 0 Å². The molecule has 0 saturated carbocycles. The molecule has 170 valence electrons. The summed E-state index contributed by atoms with van der Waals surface area (Å²) in [6.45, 7) is 4.23. The Bertz CT molecular complexity index is 1330. The van der Waals surface area contributed by atoms with Crippen LogP contribution in [0.25, 0.3) is 45.2 Å². The van der Waals surface area contributed by atoms with Crippen molar-refractivity contribution in [3.63, 3.8) is 0 Å². The van der Waals surface area contributed by atoms with Gasteiger partial charge in [-0.1, -0.05) is 132 Å². The van der Waals surface area contributed by atoms with Gasteiger partial charge in [0, 0.05) is 9.75 Å². The lowest BCUT2D eigenvalue weighted by molar-refractivity contribution is 1.46. The summed E-state index contributed by atoms with van der Waals surface area (Å²) in [5.41, 5.74) is 9.94. The zero-order chi connectivity index (χ0) is 24.0. The number of hydrogen-bond donors (Lipinski definition) is 0. The summed E-state index contributed by atoms with van der Waals surface area (Å²) in [6, 6.07) is 39.2. The molecule has 0 saturated heterocycles. The van der Waals surface area contributed by atoms with Crippen molar-refractivity contribution in [3.05, 3.63) is 143 Å². The zero-order valence-corrected chi connectivity index (χ0v) is 20.9. The van der Waals surface area contributed by atoms with E-state index in [0.29, 0.717) is 0 Å². The molecule has 1 aromatic heterocycles. The molecule has 5 rings (SSSR count). The molecule has 4 aromatic carbocycles. The van der Waals surface area contributed by atoms with Crippen molar-refractivity contribution < 1.29 is 0 Å². The van der Waals surface area contributed by atoms with E-state index in [4.69, 9.17) is 0 Å². The molecule has 0 aliphatic rings. The predicted octanol–water partition coefficient (Wildman–Crippen LogP) is 10.0. The molecule has 0 aliphatic carbocycles. The molecular formula is C34H28S. The van der Waals surface area contributed by atoms with Crippen molar-refractivity contribution in [2.75, 3.05) is 0 Å². The van der Waals surface area contributed by atoms with Crippen LogP contribution < -0.4 is 0 Å². The van der Waals surface area contributed by atoms with E-state index >= 15 is 0 Å². The number of aryl methyl sites for hydroxylation is 2.